The zero-order chi connectivity index (χ0) is 14.2. The molecule has 2 rings (SSSR count). The van der Waals surface area contributed by atoms with E-state index in [9.17, 15) is 9.59 Å². The highest BCUT2D eigenvalue weighted by atomic mass is 35.5. The van der Waals surface area contributed by atoms with Gasteiger partial charge in [0.2, 0.25) is 0 Å². The van der Waals surface area contributed by atoms with Gasteiger partial charge >= 0.3 is 0 Å². The fourth-order valence-corrected chi connectivity index (χ4v) is 3.01. The lowest BCUT2D eigenvalue weighted by Crippen LogP contribution is -2.32. The van der Waals surface area contributed by atoms with Crippen molar-refractivity contribution in [2.24, 2.45) is 5.41 Å². The number of carbonyl (C=O) groups is 2. The van der Waals surface area contributed by atoms with Crippen LogP contribution in [-0.2, 0) is 4.79 Å². The fraction of sp³-hybridized carbons (Fsp3) is 0.643. The molecule has 1 heterocycles. The van der Waals surface area contributed by atoms with Crippen LogP contribution in [0.3, 0.4) is 0 Å². The lowest BCUT2D eigenvalue weighted by Gasteiger charge is -2.35. The van der Waals surface area contributed by atoms with E-state index in [2.05, 4.69) is 5.10 Å². The molecule has 1 aromatic rings. The molecular weight excluding hydrogens is 264 g/mol. The molecule has 0 aliphatic heterocycles. The molecule has 0 radical (unpaired) electrons. The van der Waals surface area contributed by atoms with Gasteiger partial charge in [-0.1, -0.05) is 6.92 Å². The normalized spacial score (nSPS) is 27.3. The molecule has 1 fully saturated rings. The third-order valence-electron chi connectivity index (χ3n) is 4.51. The van der Waals surface area contributed by atoms with E-state index in [0.29, 0.717) is 5.56 Å². The molecule has 0 unspecified atom stereocenters. The highest BCUT2D eigenvalue weighted by Crippen LogP contribution is 2.41. The number of ketones is 1. The third-order valence-corrected chi connectivity index (χ3v) is 4.71. The van der Waals surface area contributed by atoms with Crippen LogP contribution in [0.25, 0.3) is 0 Å². The lowest BCUT2D eigenvalue weighted by molar-refractivity contribution is -0.127. The molecule has 104 valence electrons. The van der Waals surface area contributed by atoms with Gasteiger partial charge in [0.15, 0.2) is 0 Å². The van der Waals surface area contributed by atoms with Gasteiger partial charge in [-0.05, 0) is 51.1 Å². The van der Waals surface area contributed by atoms with E-state index in [4.69, 9.17) is 11.6 Å². The second kappa shape index (κ2) is 5.08. The number of aromatic nitrogens is 2. The summed E-state index contributed by atoms with van der Waals surface area (Å²) in [5, 5.41) is 3.82. The lowest BCUT2D eigenvalue weighted by atomic mass is 9.71. The van der Waals surface area contributed by atoms with Gasteiger partial charge in [0.25, 0.3) is 5.24 Å². The van der Waals surface area contributed by atoms with E-state index in [0.717, 1.165) is 31.4 Å². The predicted octanol–water partition coefficient (Wildman–Crippen LogP) is 3.28. The molecule has 1 saturated carbocycles. The first-order valence-corrected chi connectivity index (χ1v) is 6.98. The Morgan fingerprint density at radius 2 is 2.00 bits per heavy atom. The first-order chi connectivity index (χ1) is 8.85. The second-order valence-electron chi connectivity index (χ2n) is 5.71. The summed E-state index contributed by atoms with van der Waals surface area (Å²) in [5.74, 6) is 0.264. The average molecular weight is 283 g/mol. The number of Topliss-reactive ketones (excluding diaryl/α,β-unsaturated/α-hetero) is 1. The summed E-state index contributed by atoms with van der Waals surface area (Å²) in [4.78, 5) is 22.9. The van der Waals surface area contributed by atoms with Gasteiger partial charge in [0, 0.05) is 11.1 Å². The Balaban J connectivity index is 2.14. The molecule has 4 nitrogen and oxygen atoms in total. The van der Waals surface area contributed by atoms with Crippen molar-refractivity contribution in [2.45, 2.75) is 52.5 Å². The molecule has 1 aliphatic rings. The van der Waals surface area contributed by atoms with Crippen LogP contribution in [0.2, 0.25) is 0 Å². The van der Waals surface area contributed by atoms with E-state index >= 15 is 0 Å². The molecule has 0 spiro atoms. The van der Waals surface area contributed by atoms with E-state index in [1.54, 1.807) is 6.92 Å². The van der Waals surface area contributed by atoms with Gasteiger partial charge in [0.1, 0.15) is 5.78 Å². The Morgan fingerprint density at radius 1 is 1.42 bits per heavy atom. The molecular formula is C14H19ClN2O2. The van der Waals surface area contributed by atoms with Crippen molar-refractivity contribution in [1.82, 2.24) is 9.78 Å². The van der Waals surface area contributed by atoms with Gasteiger partial charge < -0.3 is 0 Å². The maximum Gasteiger partial charge on any atom is 0.255 e. The standard InChI is InChI=1S/C14H19ClN2O2/c1-9-12(13(15)19)8-16-17(9)11-4-6-14(3,7-5-11)10(2)18/h8,11H,4-7H2,1-3H3. The third kappa shape index (κ3) is 2.59. The topological polar surface area (TPSA) is 52.0 Å². The van der Waals surface area contributed by atoms with Gasteiger partial charge in [-0.3, -0.25) is 14.3 Å². The Bertz CT molecular complexity index is 514. The maximum absolute atomic E-state index is 11.6. The maximum atomic E-state index is 11.6. The highest BCUT2D eigenvalue weighted by molar-refractivity contribution is 6.67. The largest absolute Gasteiger partial charge is 0.299 e. The monoisotopic (exact) mass is 282 g/mol. The summed E-state index contributed by atoms with van der Waals surface area (Å²) < 4.78 is 1.88. The van der Waals surface area contributed by atoms with Crippen LogP contribution in [0.15, 0.2) is 6.20 Å². The minimum absolute atomic E-state index is 0.192. The van der Waals surface area contributed by atoms with Crippen molar-refractivity contribution in [3.8, 4) is 0 Å². The molecule has 0 atom stereocenters. The summed E-state index contributed by atoms with van der Waals surface area (Å²) in [6.07, 6.45) is 5.10. The minimum Gasteiger partial charge on any atom is -0.299 e. The molecule has 0 N–H and O–H groups in total. The van der Waals surface area contributed by atoms with E-state index < -0.39 is 5.24 Å². The smallest absolute Gasteiger partial charge is 0.255 e. The van der Waals surface area contributed by atoms with Gasteiger partial charge in [-0.2, -0.15) is 5.10 Å². The Morgan fingerprint density at radius 3 is 2.42 bits per heavy atom. The average Bonchev–Trinajstić information content (AvgIpc) is 2.72. The van der Waals surface area contributed by atoms with Crippen molar-refractivity contribution in [3.63, 3.8) is 0 Å². The quantitative estimate of drug-likeness (QED) is 0.800. The first-order valence-electron chi connectivity index (χ1n) is 6.60. The molecule has 0 amide bonds. The van der Waals surface area contributed by atoms with Crippen molar-refractivity contribution in [2.75, 3.05) is 0 Å². The van der Waals surface area contributed by atoms with Crippen LogP contribution >= 0.6 is 11.6 Å². The summed E-state index contributed by atoms with van der Waals surface area (Å²) >= 11 is 5.51. The molecule has 1 aromatic heterocycles. The molecule has 5 heteroatoms. The summed E-state index contributed by atoms with van der Waals surface area (Å²) in [6, 6.07) is 0.261. The van der Waals surface area contributed by atoms with Crippen LogP contribution in [0.4, 0.5) is 0 Å². The molecule has 0 aromatic carbocycles. The van der Waals surface area contributed by atoms with E-state index in [1.807, 2.05) is 18.5 Å². The minimum atomic E-state index is -0.465. The van der Waals surface area contributed by atoms with Crippen LogP contribution in [0, 0.1) is 12.3 Å². The molecule has 1 aliphatic carbocycles. The SMILES string of the molecule is CC(=O)C1(C)CCC(n2ncc(C(=O)Cl)c2C)CC1. The van der Waals surface area contributed by atoms with Crippen molar-refractivity contribution >= 4 is 22.6 Å². The van der Waals surface area contributed by atoms with Crippen molar-refractivity contribution in [3.05, 3.63) is 17.5 Å². The number of rotatable bonds is 3. The number of hydrogen-bond donors (Lipinski definition) is 0. The zero-order valence-corrected chi connectivity index (χ0v) is 12.3. The Labute approximate surface area is 118 Å². The van der Waals surface area contributed by atoms with E-state index in [1.165, 1.54) is 6.20 Å². The van der Waals surface area contributed by atoms with Gasteiger partial charge in [-0.15, -0.1) is 0 Å². The van der Waals surface area contributed by atoms with Crippen LogP contribution < -0.4 is 0 Å². The predicted molar refractivity (Wildman–Crippen MR) is 73.4 cm³/mol. The molecule has 19 heavy (non-hydrogen) atoms. The number of hydrogen-bond acceptors (Lipinski definition) is 3. The zero-order valence-electron chi connectivity index (χ0n) is 11.6. The summed E-state index contributed by atoms with van der Waals surface area (Å²) in [5.41, 5.74) is 1.10. The Kier molecular flexibility index (Phi) is 3.81. The van der Waals surface area contributed by atoms with Crippen molar-refractivity contribution < 1.29 is 9.59 Å². The second-order valence-corrected chi connectivity index (χ2v) is 6.05. The molecule has 0 bridgehead atoms. The molecule has 0 saturated heterocycles. The van der Waals surface area contributed by atoms with Crippen molar-refractivity contribution in [1.29, 1.82) is 0 Å². The van der Waals surface area contributed by atoms with Gasteiger partial charge in [0.05, 0.1) is 17.8 Å². The number of halogens is 1. The van der Waals surface area contributed by atoms with Crippen LogP contribution in [0.1, 0.15) is 61.6 Å². The highest BCUT2D eigenvalue weighted by Gasteiger charge is 2.36. The first kappa shape index (κ1) is 14.3. The summed E-state index contributed by atoms with van der Waals surface area (Å²) in [6.45, 7) is 5.57. The Hall–Kier alpha value is -1.16. The van der Waals surface area contributed by atoms with Gasteiger partial charge in [-0.25, -0.2) is 0 Å². The van der Waals surface area contributed by atoms with E-state index in [-0.39, 0.29) is 17.2 Å². The number of carbonyl (C=O) groups excluding carboxylic acids is 2. The number of nitrogens with zero attached hydrogens (tertiary/aromatic N) is 2. The van der Waals surface area contributed by atoms with Crippen LogP contribution in [-0.4, -0.2) is 20.8 Å². The van der Waals surface area contributed by atoms with Crippen LogP contribution in [0.5, 0.6) is 0 Å². The summed E-state index contributed by atoms with van der Waals surface area (Å²) in [7, 11) is 0. The fourth-order valence-electron chi connectivity index (χ4n) is 2.82.